The zero-order chi connectivity index (χ0) is 16.9. The lowest BCUT2D eigenvalue weighted by molar-refractivity contribution is -0.205. The van der Waals surface area contributed by atoms with Gasteiger partial charge in [0.2, 0.25) is 0 Å². The number of aryl methyl sites for hydroxylation is 1. The molecule has 1 aliphatic carbocycles. The van der Waals surface area contributed by atoms with Crippen molar-refractivity contribution in [3.8, 4) is 0 Å². The summed E-state index contributed by atoms with van der Waals surface area (Å²) in [5.41, 5.74) is 0.570. The van der Waals surface area contributed by atoms with Crippen molar-refractivity contribution in [2.45, 2.75) is 44.0 Å². The first-order valence-corrected chi connectivity index (χ1v) is 8.55. The van der Waals surface area contributed by atoms with E-state index in [0.29, 0.717) is 49.5 Å². The van der Waals surface area contributed by atoms with E-state index in [0.717, 1.165) is 5.56 Å². The fraction of sp³-hybridized carbons (Fsp3) is 0.500. The summed E-state index contributed by atoms with van der Waals surface area (Å²) in [5, 5.41) is 11.3. The molecule has 5 nitrogen and oxygen atoms in total. The van der Waals surface area contributed by atoms with Gasteiger partial charge in [0.05, 0.1) is 13.2 Å². The topological polar surface area (TPSA) is 65.0 Å². The summed E-state index contributed by atoms with van der Waals surface area (Å²) < 4.78 is 17.1. The summed E-state index contributed by atoms with van der Waals surface area (Å²) in [4.78, 5) is 12.5. The van der Waals surface area contributed by atoms with Gasteiger partial charge in [-0.1, -0.05) is 23.7 Å². The molecule has 1 saturated heterocycles. The van der Waals surface area contributed by atoms with E-state index in [1.165, 1.54) is 0 Å². The number of carbonyl (C=O) groups is 1. The lowest BCUT2D eigenvalue weighted by atomic mass is 9.79. The second-order valence-corrected chi connectivity index (χ2v) is 7.05. The Kier molecular flexibility index (Phi) is 3.64. The van der Waals surface area contributed by atoms with Gasteiger partial charge in [0.15, 0.2) is 17.1 Å². The Morgan fingerprint density at radius 2 is 1.79 bits per heavy atom. The second kappa shape index (κ2) is 5.48. The van der Waals surface area contributed by atoms with Crippen LogP contribution in [-0.4, -0.2) is 35.7 Å². The van der Waals surface area contributed by atoms with Crippen LogP contribution in [0.1, 0.15) is 36.8 Å². The molecule has 1 aromatic rings. The van der Waals surface area contributed by atoms with Crippen molar-refractivity contribution in [1.82, 2.24) is 0 Å². The van der Waals surface area contributed by atoms with Crippen molar-refractivity contribution in [2.75, 3.05) is 13.2 Å². The highest BCUT2D eigenvalue weighted by atomic mass is 35.5. The largest absolute Gasteiger partial charge is 0.507 e. The Bertz CT molecular complexity index is 703. The molecule has 4 rings (SSSR count). The monoisotopic (exact) mass is 350 g/mol. The summed E-state index contributed by atoms with van der Waals surface area (Å²) in [6.07, 6.45) is 2.10. The highest BCUT2D eigenvalue weighted by Gasteiger charge is 2.55. The van der Waals surface area contributed by atoms with Crippen LogP contribution in [0.25, 0.3) is 5.57 Å². The summed E-state index contributed by atoms with van der Waals surface area (Å²) in [6, 6.07) is 5.38. The van der Waals surface area contributed by atoms with E-state index in [2.05, 4.69) is 0 Å². The van der Waals surface area contributed by atoms with Gasteiger partial charge in [0.25, 0.3) is 0 Å². The average Bonchev–Trinajstić information content (AvgIpc) is 3.09. The zero-order valence-corrected chi connectivity index (χ0v) is 14.2. The second-order valence-electron chi connectivity index (χ2n) is 6.65. The minimum Gasteiger partial charge on any atom is -0.507 e. The molecule has 2 heterocycles. The molecule has 0 atom stereocenters. The minimum atomic E-state index is -0.988. The average molecular weight is 351 g/mol. The molecule has 6 heteroatoms. The lowest BCUT2D eigenvalue weighted by Crippen LogP contribution is -2.45. The van der Waals surface area contributed by atoms with Crippen LogP contribution in [0.3, 0.4) is 0 Å². The smallest absolute Gasteiger partial charge is 0.343 e. The predicted molar refractivity (Wildman–Crippen MR) is 87.7 cm³/mol. The molecule has 0 unspecified atom stereocenters. The molecule has 2 fully saturated rings. The molecule has 2 spiro atoms. The van der Waals surface area contributed by atoms with Gasteiger partial charge in [0.1, 0.15) is 5.57 Å². The maximum atomic E-state index is 12.5. The molecule has 0 amide bonds. The van der Waals surface area contributed by atoms with Gasteiger partial charge < -0.3 is 19.3 Å². The van der Waals surface area contributed by atoms with Crippen LogP contribution in [0.4, 0.5) is 0 Å². The van der Waals surface area contributed by atoms with Crippen LogP contribution in [0, 0.1) is 6.92 Å². The minimum absolute atomic E-state index is 0.0171. The molecule has 2 aliphatic heterocycles. The van der Waals surface area contributed by atoms with Crippen molar-refractivity contribution in [3.63, 3.8) is 0 Å². The molecule has 3 aliphatic rings. The Morgan fingerprint density at radius 3 is 2.42 bits per heavy atom. The van der Waals surface area contributed by atoms with Crippen molar-refractivity contribution in [3.05, 3.63) is 40.1 Å². The van der Waals surface area contributed by atoms with Gasteiger partial charge in [-0.3, -0.25) is 0 Å². The molecular formula is C18H19ClO5. The van der Waals surface area contributed by atoms with Gasteiger partial charge in [-0.05, 0) is 31.4 Å². The third-order valence-electron chi connectivity index (χ3n) is 5.27. The number of hydrogen-bond donors (Lipinski definition) is 1. The summed E-state index contributed by atoms with van der Waals surface area (Å²) in [7, 11) is 0. The molecule has 1 N–H and O–H groups in total. The van der Waals surface area contributed by atoms with Gasteiger partial charge in [0, 0.05) is 23.4 Å². The van der Waals surface area contributed by atoms with Gasteiger partial charge in [-0.25, -0.2) is 4.79 Å². The number of aliphatic hydroxyl groups is 1. The van der Waals surface area contributed by atoms with Crippen LogP contribution in [-0.2, 0) is 19.0 Å². The van der Waals surface area contributed by atoms with Gasteiger partial charge in [-0.15, -0.1) is 0 Å². The third kappa shape index (κ3) is 2.26. The lowest BCUT2D eigenvalue weighted by Gasteiger charge is -2.40. The maximum Gasteiger partial charge on any atom is 0.343 e. The highest BCUT2D eigenvalue weighted by molar-refractivity contribution is 6.35. The van der Waals surface area contributed by atoms with E-state index in [4.69, 9.17) is 25.8 Å². The number of ether oxygens (including phenoxy) is 3. The van der Waals surface area contributed by atoms with E-state index in [1.807, 2.05) is 19.1 Å². The fourth-order valence-corrected chi connectivity index (χ4v) is 4.25. The summed E-state index contributed by atoms with van der Waals surface area (Å²) in [6.45, 7) is 3.02. The highest BCUT2D eigenvalue weighted by Crippen LogP contribution is 2.50. The van der Waals surface area contributed by atoms with Crippen LogP contribution in [0.15, 0.2) is 24.0 Å². The van der Waals surface area contributed by atoms with Gasteiger partial charge in [-0.2, -0.15) is 0 Å². The number of halogens is 1. The Balaban J connectivity index is 1.70. The standard InChI is InChI=1S/C18H19ClO5/c1-11-3-2-4-12(19)13(11)14-15(20)17(24-16(14)21)5-7-18(8-6-17)22-9-10-23-18/h2-4,20H,5-10H2,1H3. The van der Waals surface area contributed by atoms with Crippen molar-refractivity contribution in [2.24, 2.45) is 0 Å². The summed E-state index contributed by atoms with van der Waals surface area (Å²) >= 11 is 6.27. The Labute approximate surface area is 145 Å². The first-order chi connectivity index (χ1) is 11.5. The number of rotatable bonds is 1. The van der Waals surface area contributed by atoms with Crippen molar-refractivity contribution in [1.29, 1.82) is 0 Å². The molecule has 1 saturated carbocycles. The number of benzene rings is 1. The number of aliphatic hydroxyl groups excluding tert-OH is 1. The molecule has 24 heavy (non-hydrogen) atoms. The van der Waals surface area contributed by atoms with Crippen LogP contribution in [0.5, 0.6) is 0 Å². The predicted octanol–water partition coefficient (Wildman–Crippen LogP) is 3.53. The van der Waals surface area contributed by atoms with Crippen LogP contribution in [0.2, 0.25) is 5.02 Å². The van der Waals surface area contributed by atoms with Crippen LogP contribution < -0.4 is 0 Å². The molecule has 0 radical (unpaired) electrons. The quantitative estimate of drug-likeness (QED) is 0.785. The number of hydrogen-bond acceptors (Lipinski definition) is 5. The number of esters is 1. The SMILES string of the molecule is Cc1cccc(Cl)c1C1=C(O)C2(CCC3(CC2)OCCO3)OC1=O. The van der Waals surface area contributed by atoms with Gasteiger partial charge >= 0.3 is 5.97 Å². The molecule has 0 aromatic heterocycles. The molecular weight excluding hydrogens is 332 g/mol. The van der Waals surface area contributed by atoms with E-state index in [9.17, 15) is 9.90 Å². The first-order valence-electron chi connectivity index (χ1n) is 8.17. The Morgan fingerprint density at radius 1 is 1.12 bits per heavy atom. The van der Waals surface area contributed by atoms with E-state index in [-0.39, 0.29) is 11.3 Å². The number of carbonyl (C=O) groups excluding carboxylic acids is 1. The molecule has 128 valence electrons. The van der Waals surface area contributed by atoms with Crippen LogP contribution >= 0.6 is 11.6 Å². The third-order valence-corrected chi connectivity index (χ3v) is 5.58. The normalized spacial score (nSPS) is 24.8. The van der Waals surface area contributed by atoms with Crippen molar-refractivity contribution < 1.29 is 24.1 Å². The van der Waals surface area contributed by atoms with E-state index < -0.39 is 17.4 Å². The summed E-state index contributed by atoms with van der Waals surface area (Å²) in [5.74, 6) is -1.12. The van der Waals surface area contributed by atoms with Crippen molar-refractivity contribution >= 4 is 23.1 Å². The molecule has 0 bridgehead atoms. The first kappa shape index (κ1) is 15.9. The molecule has 1 aromatic carbocycles. The zero-order valence-electron chi connectivity index (χ0n) is 13.4. The maximum absolute atomic E-state index is 12.5. The Hall–Kier alpha value is -1.56. The van der Waals surface area contributed by atoms with E-state index >= 15 is 0 Å². The van der Waals surface area contributed by atoms with E-state index in [1.54, 1.807) is 6.07 Å². The fourth-order valence-electron chi connectivity index (χ4n) is 3.93.